The summed E-state index contributed by atoms with van der Waals surface area (Å²) in [5.74, 6) is 0.738. The third-order valence-electron chi connectivity index (χ3n) is 2.29. The Morgan fingerprint density at radius 3 is 2.50 bits per heavy atom. The maximum Gasteiger partial charge on any atom is 0.244 e. The maximum atomic E-state index is 11.3. The monoisotopic (exact) mass is 219 g/mol. The number of carbonyl (C=O) groups is 1. The smallest absolute Gasteiger partial charge is 0.244 e. The number of hydrogen-bond donors (Lipinski definition) is 1. The lowest BCUT2D eigenvalue weighted by atomic mass is 10.1. The lowest BCUT2D eigenvalue weighted by molar-refractivity contribution is -0.117. The van der Waals surface area contributed by atoms with Gasteiger partial charge in [0.1, 0.15) is 5.75 Å². The third kappa shape index (κ3) is 3.42. The summed E-state index contributed by atoms with van der Waals surface area (Å²) >= 11 is 0. The first-order chi connectivity index (χ1) is 7.67. The summed E-state index contributed by atoms with van der Waals surface area (Å²) in [6, 6.07) is 7.65. The van der Waals surface area contributed by atoms with E-state index in [1.54, 1.807) is 13.2 Å². The molecule has 0 aliphatic rings. The standard InChI is InChI=1S/C13H17NO2/c1-4-5-13(15)14-10(2)11-6-8-12(16-3)9-7-11/h4-10H,1-3H3,(H,14,15)/b5-4+/t10-/m0/s1. The highest BCUT2D eigenvalue weighted by Crippen LogP contribution is 2.16. The summed E-state index contributed by atoms with van der Waals surface area (Å²) in [4.78, 5) is 11.3. The van der Waals surface area contributed by atoms with Crippen LogP contribution in [0, 0.1) is 0 Å². The highest BCUT2D eigenvalue weighted by Gasteiger charge is 2.06. The zero-order valence-electron chi connectivity index (χ0n) is 9.86. The van der Waals surface area contributed by atoms with E-state index in [0.717, 1.165) is 11.3 Å². The van der Waals surface area contributed by atoms with Gasteiger partial charge in [0.15, 0.2) is 0 Å². The Labute approximate surface area is 96.1 Å². The van der Waals surface area contributed by atoms with Crippen LogP contribution >= 0.6 is 0 Å². The van der Waals surface area contributed by atoms with E-state index in [1.165, 1.54) is 6.08 Å². The van der Waals surface area contributed by atoms with Gasteiger partial charge in [-0.3, -0.25) is 4.79 Å². The van der Waals surface area contributed by atoms with Crippen LogP contribution < -0.4 is 10.1 Å². The van der Waals surface area contributed by atoms with Crippen LogP contribution in [-0.2, 0) is 4.79 Å². The van der Waals surface area contributed by atoms with Crippen molar-refractivity contribution in [2.75, 3.05) is 7.11 Å². The Bertz CT molecular complexity index is 368. The zero-order valence-corrected chi connectivity index (χ0v) is 9.86. The Kier molecular flexibility index (Phi) is 4.58. The number of benzene rings is 1. The van der Waals surface area contributed by atoms with Gasteiger partial charge in [0, 0.05) is 0 Å². The van der Waals surface area contributed by atoms with E-state index in [0.29, 0.717) is 0 Å². The Hall–Kier alpha value is -1.77. The molecule has 0 saturated carbocycles. The van der Waals surface area contributed by atoms with Crippen LogP contribution in [0.2, 0.25) is 0 Å². The average Bonchev–Trinajstić information content (AvgIpc) is 2.29. The van der Waals surface area contributed by atoms with Crippen LogP contribution in [0.25, 0.3) is 0 Å². The average molecular weight is 219 g/mol. The Morgan fingerprint density at radius 2 is 2.00 bits per heavy atom. The van der Waals surface area contributed by atoms with Gasteiger partial charge in [0.05, 0.1) is 13.2 Å². The summed E-state index contributed by atoms with van der Waals surface area (Å²) in [6.45, 7) is 3.76. The molecule has 0 radical (unpaired) electrons. The summed E-state index contributed by atoms with van der Waals surface area (Å²) in [5, 5.41) is 2.87. The van der Waals surface area contributed by atoms with E-state index < -0.39 is 0 Å². The molecule has 0 aliphatic carbocycles. The molecule has 1 rings (SSSR count). The molecule has 0 bridgehead atoms. The molecular weight excluding hydrogens is 202 g/mol. The van der Waals surface area contributed by atoms with Gasteiger partial charge in [-0.05, 0) is 37.6 Å². The Morgan fingerprint density at radius 1 is 1.38 bits per heavy atom. The molecule has 0 fully saturated rings. The molecule has 3 heteroatoms. The second-order valence-corrected chi connectivity index (χ2v) is 3.50. The number of carbonyl (C=O) groups excluding carboxylic acids is 1. The number of ether oxygens (including phenoxy) is 1. The van der Waals surface area contributed by atoms with Gasteiger partial charge in [-0.25, -0.2) is 0 Å². The number of allylic oxidation sites excluding steroid dienone is 1. The van der Waals surface area contributed by atoms with Crippen LogP contribution in [0.3, 0.4) is 0 Å². The Balaban J connectivity index is 2.65. The summed E-state index contributed by atoms with van der Waals surface area (Å²) < 4.78 is 5.07. The van der Waals surface area contributed by atoms with E-state index in [1.807, 2.05) is 38.1 Å². The molecule has 0 aromatic heterocycles. The third-order valence-corrected chi connectivity index (χ3v) is 2.29. The molecule has 3 nitrogen and oxygen atoms in total. The second kappa shape index (κ2) is 5.95. The maximum absolute atomic E-state index is 11.3. The van der Waals surface area contributed by atoms with Crippen LogP contribution in [0.5, 0.6) is 5.75 Å². The number of methoxy groups -OCH3 is 1. The van der Waals surface area contributed by atoms with Gasteiger partial charge in [0.2, 0.25) is 5.91 Å². The lowest BCUT2D eigenvalue weighted by Crippen LogP contribution is -2.24. The van der Waals surface area contributed by atoms with Gasteiger partial charge in [-0.15, -0.1) is 0 Å². The largest absolute Gasteiger partial charge is 0.497 e. The quantitative estimate of drug-likeness (QED) is 0.790. The molecule has 0 saturated heterocycles. The second-order valence-electron chi connectivity index (χ2n) is 3.50. The fraction of sp³-hybridized carbons (Fsp3) is 0.308. The van der Waals surface area contributed by atoms with Gasteiger partial charge < -0.3 is 10.1 Å². The van der Waals surface area contributed by atoms with E-state index in [4.69, 9.17) is 4.74 Å². The minimum Gasteiger partial charge on any atom is -0.497 e. The van der Waals surface area contributed by atoms with Crippen molar-refractivity contribution in [3.05, 3.63) is 42.0 Å². The minimum absolute atomic E-state index is 0.00499. The molecular formula is C13H17NO2. The fourth-order valence-corrected chi connectivity index (χ4v) is 1.39. The van der Waals surface area contributed by atoms with Gasteiger partial charge >= 0.3 is 0 Å². The fourth-order valence-electron chi connectivity index (χ4n) is 1.39. The molecule has 1 N–H and O–H groups in total. The van der Waals surface area contributed by atoms with Gasteiger partial charge in [-0.1, -0.05) is 18.2 Å². The van der Waals surface area contributed by atoms with Crippen molar-refractivity contribution in [3.8, 4) is 5.75 Å². The molecule has 0 unspecified atom stereocenters. The first-order valence-corrected chi connectivity index (χ1v) is 5.24. The molecule has 16 heavy (non-hydrogen) atoms. The molecule has 1 atom stereocenters. The predicted molar refractivity (Wildman–Crippen MR) is 64.4 cm³/mol. The molecule has 0 spiro atoms. The van der Waals surface area contributed by atoms with Crippen LogP contribution in [0.4, 0.5) is 0 Å². The van der Waals surface area contributed by atoms with Crippen molar-refractivity contribution in [1.82, 2.24) is 5.32 Å². The highest BCUT2D eigenvalue weighted by atomic mass is 16.5. The van der Waals surface area contributed by atoms with E-state index in [9.17, 15) is 4.79 Å². The van der Waals surface area contributed by atoms with Crippen LogP contribution in [0.1, 0.15) is 25.5 Å². The summed E-state index contributed by atoms with van der Waals surface area (Å²) in [6.07, 6.45) is 3.23. The number of rotatable bonds is 4. The normalized spacial score (nSPS) is 12.4. The molecule has 1 aromatic rings. The van der Waals surface area contributed by atoms with E-state index >= 15 is 0 Å². The molecule has 86 valence electrons. The van der Waals surface area contributed by atoms with Crippen molar-refractivity contribution in [2.45, 2.75) is 19.9 Å². The highest BCUT2D eigenvalue weighted by molar-refractivity contribution is 5.87. The molecule has 0 heterocycles. The number of hydrogen-bond acceptors (Lipinski definition) is 2. The molecule has 0 aliphatic heterocycles. The van der Waals surface area contributed by atoms with Crippen LogP contribution in [0.15, 0.2) is 36.4 Å². The van der Waals surface area contributed by atoms with Crippen molar-refractivity contribution >= 4 is 5.91 Å². The number of nitrogens with one attached hydrogen (secondary N) is 1. The zero-order chi connectivity index (χ0) is 12.0. The molecule has 1 aromatic carbocycles. The predicted octanol–water partition coefficient (Wildman–Crippen LogP) is 2.45. The minimum atomic E-state index is -0.0779. The van der Waals surface area contributed by atoms with Gasteiger partial charge in [-0.2, -0.15) is 0 Å². The van der Waals surface area contributed by atoms with E-state index in [2.05, 4.69) is 5.32 Å². The summed E-state index contributed by atoms with van der Waals surface area (Å²) in [5.41, 5.74) is 1.05. The van der Waals surface area contributed by atoms with Crippen molar-refractivity contribution < 1.29 is 9.53 Å². The van der Waals surface area contributed by atoms with E-state index in [-0.39, 0.29) is 11.9 Å². The first kappa shape index (κ1) is 12.3. The van der Waals surface area contributed by atoms with Crippen molar-refractivity contribution in [1.29, 1.82) is 0 Å². The lowest BCUT2D eigenvalue weighted by Gasteiger charge is -2.13. The first-order valence-electron chi connectivity index (χ1n) is 5.24. The van der Waals surface area contributed by atoms with Crippen LogP contribution in [-0.4, -0.2) is 13.0 Å². The van der Waals surface area contributed by atoms with Gasteiger partial charge in [0.25, 0.3) is 0 Å². The van der Waals surface area contributed by atoms with Crippen molar-refractivity contribution in [2.24, 2.45) is 0 Å². The molecule has 1 amide bonds. The number of amides is 1. The summed E-state index contributed by atoms with van der Waals surface area (Å²) in [7, 11) is 1.63. The topological polar surface area (TPSA) is 38.3 Å². The van der Waals surface area contributed by atoms with Crippen molar-refractivity contribution in [3.63, 3.8) is 0 Å². The SMILES string of the molecule is C/C=C/C(=O)N[C@@H](C)c1ccc(OC)cc1.